The van der Waals surface area contributed by atoms with Gasteiger partial charge in [0.05, 0.1) is 11.4 Å². The zero-order chi connectivity index (χ0) is 19.0. The van der Waals surface area contributed by atoms with Crippen LogP contribution in [-0.4, -0.2) is 39.7 Å². The minimum atomic E-state index is -1.48. The number of halogens is 1. The SMILES string of the molecule is CCc1[nH]c(=O)n(-c2ccc(N3CCNC3=O)c(F)c2)c(=O)c1C(=O)O. The van der Waals surface area contributed by atoms with Crippen molar-refractivity contribution < 1.29 is 19.1 Å². The van der Waals surface area contributed by atoms with Crippen molar-refractivity contribution in [3.63, 3.8) is 0 Å². The van der Waals surface area contributed by atoms with E-state index in [0.29, 0.717) is 11.1 Å². The Bertz CT molecular complexity index is 1030. The first kappa shape index (κ1) is 17.4. The molecule has 1 aromatic carbocycles. The van der Waals surface area contributed by atoms with Gasteiger partial charge in [-0.3, -0.25) is 9.69 Å². The highest BCUT2D eigenvalue weighted by atomic mass is 19.1. The van der Waals surface area contributed by atoms with E-state index in [-0.39, 0.29) is 30.0 Å². The highest BCUT2D eigenvalue weighted by Gasteiger charge is 2.25. The first-order valence-electron chi connectivity index (χ1n) is 7.82. The molecule has 2 aromatic rings. The maximum atomic E-state index is 14.5. The Hall–Kier alpha value is -3.43. The topological polar surface area (TPSA) is 124 Å². The van der Waals surface area contributed by atoms with Crippen LogP contribution in [0.25, 0.3) is 5.69 Å². The molecular formula is C16H15FN4O5. The number of rotatable bonds is 4. The van der Waals surface area contributed by atoms with E-state index in [1.165, 1.54) is 17.0 Å². The summed E-state index contributed by atoms with van der Waals surface area (Å²) in [6.07, 6.45) is 0.143. The maximum Gasteiger partial charge on any atom is 0.343 e. The number of nitrogens with one attached hydrogen (secondary N) is 2. The van der Waals surface area contributed by atoms with Crippen LogP contribution < -0.4 is 21.5 Å². The number of benzene rings is 1. The van der Waals surface area contributed by atoms with E-state index in [9.17, 15) is 28.7 Å². The van der Waals surface area contributed by atoms with Crippen LogP contribution in [0.1, 0.15) is 23.0 Å². The summed E-state index contributed by atoms with van der Waals surface area (Å²) in [6.45, 7) is 2.25. The molecule has 3 rings (SSSR count). The lowest BCUT2D eigenvalue weighted by atomic mass is 10.2. The standard InChI is InChI=1S/C16H15FN4O5/c1-2-10-12(14(23)24)13(22)21(16(26)19-10)8-3-4-11(9(17)7-8)20-6-5-18-15(20)25/h3-4,7H,2,5-6H2,1H3,(H,18,25)(H,19,26)(H,23,24). The van der Waals surface area contributed by atoms with Gasteiger partial charge in [0, 0.05) is 24.8 Å². The number of aromatic nitrogens is 2. The monoisotopic (exact) mass is 362 g/mol. The number of nitrogens with zero attached hydrogens (tertiary/aromatic N) is 2. The third kappa shape index (κ3) is 2.75. The molecule has 2 heterocycles. The molecule has 1 aliphatic rings. The Balaban J connectivity index is 2.16. The molecule has 0 saturated carbocycles. The van der Waals surface area contributed by atoms with Gasteiger partial charge in [0.1, 0.15) is 11.4 Å². The smallest absolute Gasteiger partial charge is 0.343 e. The zero-order valence-electron chi connectivity index (χ0n) is 13.7. The van der Waals surface area contributed by atoms with Crippen LogP contribution in [0.3, 0.4) is 0 Å². The molecular weight excluding hydrogens is 347 g/mol. The zero-order valence-corrected chi connectivity index (χ0v) is 13.7. The fourth-order valence-corrected chi connectivity index (χ4v) is 2.86. The molecule has 136 valence electrons. The van der Waals surface area contributed by atoms with E-state index in [4.69, 9.17) is 0 Å². The van der Waals surface area contributed by atoms with Crippen LogP contribution >= 0.6 is 0 Å². The molecule has 0 spiro atoms. The van der Waals surface area contributed by atoms with Gasteiger partial charge < -0.3 is 15.4 Å². The molecule has 0 atom stereocenters. The second-order valence-electron chi connectivity index (χ2n) is 5.60. The van der Waals surface area contributed by atoms with Crippen molar-refractivity contribution in [3.8, 4) is 5.69 Å². The summed E-state index contributed by atoms with van der Waals surface area (Å²) in [6, 6.07) is 3.00. The van der Waals surface area contributed by atoms with Crippen molar-refractivity contribution in [2.75, 3.05) is 18.0 Å². The number of carbonyl (C=O) groups is 2. The minimum absolute atomic E-state index is 0.00290. The summed E-state index contributed by atoms with van der Waals surface area (Å²) >= 11 is 0. The summed E-state index contributed by atoms with van der Waals surface area (Å²) in [5.41, 5.74) is -2.64. The number of carboxylic acids is 1. The van der Waals surface area contributed by atoms with E-state index < -0.39 is 34.6 Å². The number of hydrogen-bond acceptors (Lipinski definition) is 4. The van der Waals surface area contributed by atoms with Crippen LogP contribution in [0.2, 0.25) is 0 Å². The average Bonchev–Trinajstić information content (AvgIpc) is 2.99. The lowest BCUT2D eigenvalue weighted by molar-refractivity contribution is 0.0692. The summed E-state index contributed by atoms with van der Waals surface area (Å²) in [7, 11) is 0. The van der Waals surface area contributed by atoms with E-state index in [2.05, 4.69) is 10.3 Å². The highest BCUT2D eigenvalue weighted by Crippen LogP contribution is 2.23. The summed E-state index contributed by atoms with van der Waals surface area (Å²) in [4.78, 5) is 51.2. The Morgan fingerprint density at radius 3 is 2.58 bits per heavy atom. The molecule has 0 aliphatic carbocycles. The fraction of sp³-hybridized carbons (Fsp3) is 0.250. The quantitative estimate of drug-likeness (QED) is 0.729. The first-order chi connectivity index (χ1) is 12.3. The first-order valence-corrected chi connectivity index (χ1v) is 7.82. The van der Waals surface area contributed by atoms with Crippen LogP contribution in [0.5, 0.6) is 0 Å². The molecule has 10 heteroatoms. The van der Waals surface area contributed by atoms with Gasteiger partial charge in [-0.25, -0.2) is 23.3 Å². The average molecular weight is 362 g/mol. The van der Waals surface area contributed by atoms with Crippen LogP contribution in [0, 0.1) is 5.82 Å². The van der Waals surface area contributed by atoms with Crippen LogP contribution in [0.15, 0.2) is 27.8 Å². The predicted octanol–water partition coefficient (Wildman–Crippen LogP) is 0.455. The second-order valence-corrected chi connectivity index (χ2v) is 5.60. The fourth-order valence-electron chi connectivity index (χ4n) is 2.86. The number of hydrogen-bond donors (Lipinski definition) is 3. The number of urea groups is 1. The highest BCUT2D eigenvalue weighted by molar-refractivity contribution is 5.94. The van der Waals surface area contributed by atoms with Crippen molar-refractivity contribution >= 4 is 17.7 Å². The Morgan fingerprint density at radius 1 is 1.31 bits per heavy atom. The molecule has 0 bridgehead atoms. The molecule has 1 aromatic heterocycles. The molecule has 1 aliphatic heterocycles. The molecule has 1 fully saturated rings. The summed E-state index contributed by atoms with van der Waals surface area (Å²) in [5.74, 6) is -2.30. The van der Waals surface area contributed by atoms with Gasteiger partial charge in [0.2, 0.25) is 0 Å². The molecule has 0 unspecified atom stereocenters. The number of carbonyl (C=O) groups excluding carboxylic acids is 1. The number of aromatic carboxylic acids is 1. The van der Waals surface area contributed by atoms with Gasteiger partial charge in [-0.05, 0) is 18.6 Å². The van der Waals surface area contributed by atoms with E-state index in [1.54, 1.807) is 6.92 Å². The Kier molecular flexibility index (Phi) is 4.33. The Morgan fingerprint density at radius 2 is 2.04 bits per heavy atom. The second kappa shape index (κ2) is 6.47. The van der Waals surface area contributed by atoms with Gasteiger partial charge in [-0.2, -0.15) is 0 Å². The summed E-state index contributed by atoms with van der Waals surface area (Å²) in [5, 5.41) is 11.8. The number of carboxylic acid groups (broad SMARTS) is 1. The lowest BCUT2D eigenvalue weighted by Gasteiger charge is -2.16. The number of anilines is 1. The van der Waals surface area contributed by atoms with Gasteiger partial charge in [0.15, 0.2) is 0 Å². The number of aryl methyl sites for hydroxylation is 1. The number of amides is 2. The van der Waals surface area contributed by atoms with Crippen molar-refractivity contribution in [1.82, 2.24) is 14.9 Å². The van der Waals surface area contributed by atoms with Crippen LogP contribution in [-0.2, 0) is 6.42 Å². The Labute approximate surface area is 145 Å². The molecule has 9 nitrogen and oxygen atoms in total. The molecule has 2 amide bonds. The molecule has 26 heavy (non-hydrogen) atoms. The third-order valence-corrected chi connectivity index (χ3v) is 4.08. The predicted molar refractivity (Wildman–Crippen MR) is 89.7 cm³/mol. The van der Waals surface area contributed by atoms with Gasteiger partial charge in [0.25, 0.3) is 5.56 Å². The van der Waals surface area contributed by atoms with Crippen molar-refractivity contribution in [3.05, 3.63) is 56.1 Å². The van der Waals surface area contributed by atoms with Crippen molar-refractivity contribution in [2.24, 2.45) is 0 Å². The summed E-state index contributed by atoms with van der Waals surface area (Å²) < 4.78 is 15.0. The van der Waals surface area contributed by atoms with Crippen LogP contribution in [0.4, 0.5) is 14.9 Å². The van der Waals surface area contributed by atoms with Gasteiger partial charge in [-0.1, -0.05) is 6.92 Å². The molecule has 0 radical (unpaired) electrons. The molecule has 3 N–H and O–H groups in total. The number of aromatic amines is 1. The van der Waals surface area contributed by atoms with Crippen molar-refractivity contribution in [1.29, 1.82) is 0 Å². The molecule has 1 saturated heterocycles. The lowest BCUT2D eigenvalue weighted by Crippen LogP contribution is -2.39. The normalized spacial score (nSPS) is 13.8. The third-order valence-electron chi connectivity index (χ3n) is 4.08. The van der Waals surface area contributed by atoms with E-state index in [0.717, 1.165) is 6.07 Å². The van der Waals surface area contributed by atoms with E-state index >= 15 is 0 Å². The largest absolute Gasteiger partial charge is 0.477 e. The minimum Gasteiger partial charge on any atom is -0.477 e. The van der Waals surface area contributed by atoms with E-state index in [1.807, 2.05) is 0 Å². The van der Waals surface area contributed by atoms with Crippen molar-refractivity contribution in [2.45, 2.75) is 13.3 Å². The maximum absolute atomic E-state index is 14.5. The van der Waals surface area contributed by atoms with Gasteiger partial charge >= 0.3 is 17.7 Å². The number of H-pyrrole nitrogens is 1. The van der Waals surface area contributed by atoms with Gasteiger partial charge in [-0.15, -0.1) is 0 Å².